The van der Waals surface area contributed by atoms with Crippen molar-refractivity contribution in [3.8, 4) is 0 Å². The minimum Gasteiger partial charge on any atom is -0.356 e. The lowest BCUT2D eigenvalue weighted by atomic mass is 9.94. The molecule has 1 rings (SSSR count). The summed E-state index contributed by atoms with van der Waals surface area (Å²) in [5, 5.41) is 2.94. The summed E-state index contributed by atoms with van der Waals surface area (Å²) in [6.45, 7) is 1.77. The summed E-state index contributed by atoms with van der Waals surface area (Å²) in [6, 6.07) is 0. The van der Waals surface area contributed by atoms with Crippen LogP contribution in [0.1, 0.15) is 38.5 Å². The van der Waals surface area contributed by atoms with Crippen molar-refractivity contribution in [3.63, 3.8) is 0 Å². The molecule has 4 heteroatoms. The molecule has 1 aliphatic carbocycles. The van der Waals surface area contributed by atoms with Gasteiger partial charge in [0.1, 0.15) is 0 Å². The molecule has 1 saturated carbocycles. The van der Waals surface area contributed by atoms with Crippen LogP contribution >= 0.6 is 0 Å². The zero-order valence-electron chi connectivity index (χ0n) is 10.6. The van der Waals surface area contributed by atoms with Gasteiger partial charge in [-0.05, 0) is 39.9 Å². The van der Waals surface area contributed by atoms with Crippen molar-refractivity contribution < 1.29 is 4.79 Å². The maximum absolute atomic E-state index is 11.6. The minimum absolute atomic E-state index is 0.114. The van der Waals surface area contributed by atoms with E-state index in [0.717, 1.165) is 32.4 Å². The second-order valence-electron chi connectivity index (χ2n) is 5.25. The number of carbonyl (C=O) groups excluding carboxylic acids is 1. The average molecular weight is 227 g/mol. The maximum Gasteiger partial charge on any atom is 0.221 e. The Balaban J connectivity index is 2.11. The number of rotatable bonds is 6. The van der Waals surface area contributed by atoms with Crippen molar-refractivity contribution in [1.82, 2.24) is 10.2 Å². The molecule has 0 bridgehead atoms. The maximum atomic E-state index is 11.6. The first-order chi connectivity index (χ1) is 7.52. The van der Waals surface area contributed by atoms with E-state index in [1.165, 1.54) is 12.8 Å². The summed E-state index contributed by atoms with van der Waals surface area (Å²) in [5.41, 5.74) is 5.93. The van der Waals surface area contributed by atoms with Crippen LogP contribution in [0.3, 0.4) is 0 Å². The van der Waals surface area contributed by atoms with Crippen molar-refractivity contribution in [2.75, 3.05) is 27.2 Å². The van der Waals surface area contributed by atoms with Gasteiger partial charge in [0.05, 0.1) is 0 Å². The third-order valence-electron chi connectivity index (χ3n) is 3.22. The molecule has 0 aliphatic heterocycles. The summed E-state index contributed by atoms with van der Waals surface area (Å²) in [6.07, 6.45) is 5.83. The molecule has 1 amide bonds. The zero-order valence-corrected chi connectivity index (χ0v) is 10.6. The summed E-state index contributed by atoms with van der Waals surface area (Å²) in [5.74, 6) is 0.114. The predicted molar refractivity (Wildman–Crippen MR) is 66.2 cm³/mol. The lowest BCUT2D eigenvalue weighted by Crippen LogP contribution is -2.42. The zero-order chi connectivity index (χ0) is 12.0. The smallest absolute Gasteiger partial charge is 0.221 e. The fourth-order valence-corrected chi connectivity index (χ4v) is 2.26. The molecule has 4 nitrogen and oxygen atoms in total. The fourth-order valence-electron chi connectivity index (χ4n) is 2.26. The minimum atomic E-state index is -0.217. The largest absolute Gasteiger partial charge is 0.356 e. The molecule has 94 valence electrons. The monoisotopic (exact) mass is 227 g/mol. The van der Waals surface area contributed by atoms with Crippen molar-refractivity contribution in [2.45, 2.75) is 44.1 Å². The normalized spacial score (nSPS) is 19.0. The quantitative estimate of drug-likeness (QED) is 0.657. The number of hydrogen-bond acceptors (Lipinski definition) is 3. The molecule has 0 spiro atoms. The molecule has 0 atom stereocenters. The lowest BCUT2D eigenvalue weighted by Gasteiger charge is -2.22. The highest BCUT2D eigenvalue weighted by atomic mass is 16.1. The third-order valence-corrected chi connectivity index (χ3v) is 3.22. The van der Waals surface area contributed by atoms with Crippen LogP contribution in [0.15, 0.2) is 0 Å². The number of nitrogens with one attached hydrogen (secondary N) is 1. The van der Waals surface area contributed by atoms with Crippen LogP contribution in [0.4, 0.5) is 0 Å². The van der Waals surface area contributed by atoms with Gasteiger partial charge in [-0.15, -0.1) is 0 Å². The van der Waals surface area contributed by atoms with Gasteiger partial charge in [-0.25, -0.2) is 0 Å². The first-order valence-corrected chi connectivity index (χ1v) is 6.22. The van der Waals surface area contributed by atoms with Crippen LogP contribution in [0.5, 0.6) is 0 Å². The van der Waals surface area contributed by atoms with E-state index in [-0.39, 0.29) is 11.4 Å². The summed E-state index contributed by atoms with van der Waals surface area (Å²) in [7, 11) is 4.07. The highest BCUT2D eigenvalue weighted by Gasteiger charge is 2.31. The van der Waals surface area contributed by atoms with E-state index in [4.69, 9.17) is 5.73 Å². The number of nitrogens with zero attached hydrogens (tertiary/aromatic N) is 1. The van der Waals surface area contributed by atoms with Crippen LogP contribution in [-0.4, -0.2) is 43.5 Å². The first kappa shape index (κ1) is 13.5. The van der Waals surface area contributed by atoms with Crippen LogP contribution in [0.25, 0.3) is 0 Å². The van der Waals surface area contributed by atoms with Crippen molar-refractivity contribution in [3.05, 3.63) is 0 Å². The van der Waals surface area contributed by atoms with Gasteiger partial charge in [0, 0.05) is 18.5 Å². The van der Waals surface area contributed by atoms with E-state index in [1.807, 2.05) is 14.1 Å². The molecule has 0 heterocycles. The summed E-state index contributed by atoms with van der Waals surface area (Å²) >= 11 is 0. The van der Waals surface area contributed by atoms with Crippen LogP contribution in [-0.2, 0) is 4.79 Å². The Morgan fingerprint density at radius 3 is 2.56 bits per heavy atom. The van der Waals surface area contributed by atoms with Crippen molar-refractivity contribution in [2.24, 2.45) is 5.73 Å². The Kier molecular flexibility index (Phi) is 5.22. The van der Waals surface area contributed by atoms with E-state index < -0.39 is 0 Å². The molecule has 16 heavy (non-hydrogen) atoms. The molecule has 3 N–H and O–H groups in total. The van der Waals surface area contributed by atoms with E-state index in [9.17, 15) is 4.79 Å². The Bertz CT molecular complexity index is 222. The molecule has 1 aliphatic rings. The average Bonchev–Trinajstić information content (AvgIpc) is 2.59. The van der Waals surface area contributed by atoms with Gasteiger partial charge in [-0.3, -0.25) is 4.79 Å². The molecule has 0 aromatic rings. The molecule has 0 saturated heterocycles. The predicted octanol–water partition coefficient (Wildman–Crippen LogP) is 0.716. The number of amides is 1. The van der Waals surface area contributed by atoms with E-state index in [1.54, 1.807) is 0 Å². The second-order valence-corrected chi connectivity index (χ2v) is 5.25. The Hall–Kier alpha value is -0.610. The topological polar surface area (TPSA) is 58.4 Å². The van der Waals surface area contributed by atoms with Crippen LogP contribution in [0, 0.1) is 0 Å². The second kappa shape index (κ2) is 6.21. The van der Waals surface area contributed by atoms with Crippen molar-refractivity contribution >= 4 is 5.91 Å². The molecular weight excluding hydrogens is 202 g/mol. The van der Waals surface area contributed by atoms with E-state index in [2.05, 4.69) is 10.2 Å². The van der Waals surface area contributed by atoms with Crippen molar-refractivity contribution in [1.29, 1.82) is 0 Å². The molecule has 0 aromatic heterocycles. The molecular formula is C12H25N3O. The molecule has 0 aromatic carbocycles. The number of carbonyl (C=O) groups is 1. The van der Waals surface area contributed by atoms with Gasteiger partial charge < -0.3 is 16.0 Å². The lowest BCUT2D eigenvalue weighted by molar-refractivity contribution is -0.122. The van der Waals surface area contributed by atoms with Gasteiger partial charge in [0.2, 0.25) is 5.91 Å². The first-order valence-electron chi connectivity index (χ1n) is 6.22. The SMILES string of the molecule is CN(C)CCCNC(=O)CC1(N)CCCC1. The Morgan fingerprint density at radius 1 is 1.38 bits per heavy atom. The highest BCUT2D eigenvalue weighted by Crippen LogP contribution is 2.29. The van der Waals surface area contributed by atoms with E-state index >= 15 is 0 Å². The van der Waals surface area contributed by atoms with Gasteiger partial charge in [0.25, 0.3) is 0 Å². The fraction of sp³-hybridized carbons (Fsp3) is 0.917. The van der Waals surface area contributed by atoms with Gasteiger partial charge in [0.15, 0.2) is 0 Å². The molecule has 0 unspecified atom stereocenters. The molecule has 0 radical (unpaired) electrons. The van der Waals surface area contributed by atoms with Gasteiger partial charge >= 0.3 is 0 Å². The highest BCUT2D eigenvalue weighted by molar-refractivity contribution is 5.77. The Morgan fingerprint density at radius 2 is 2.00 bits per heavy atom. The summed E-state index contributed by atoms with van der Waals surface area (Å²) < 4.78 is 0. The van der Waals surface area contributed by atoms with Crippen LogP contribution < -0.4 is 11.1 Å². The van der Waals surface area contributed by atoms with E-state index in [0.29, 0.717) is 6.42 Å². The standard InChI is InChI=1S/C12H25N3O/c1-15(2)9-5-8-14-11(16)10-12(13)6-3-4-7-12/h3-10,13H2,1-2H3,(H,14,16). The van der Waals surface area contributed by atoms with Crippen LogP contribution in [0.2, 0.25) is 0 Å². The molecule has 1 fully saturated rings. The summed E-state index contributed by atoms with van der Waals surface area (Å²) in [4.78, 5) is 13.8. The van der Waals surface area contributed by atoms with Gasteiger partial charge in [-0.1, -0.05) is 12.8 Å². The third kappa shape index (κ3) is 4.94. The number of hydrogen-bond donors (Lipinski definition) is 2. The number of nitrogens with two attached hydrogens (primary N) is 1. The Labute approximate surface area is 98.6 Å². The van der Waals surface area contributed by atoms with Gasteiger partial charge in [-0.2, -0.15) is 0 Å².